The molecule has 9 heteroatoms. The van der Waals surface area contributed by atoms with Crippen molar-refractivity contribution in [3.8, 4) is 0 Å². The minimum Gasteiger partial charge on any atom is -0.398 e. The Bertz CT molecular complexity index is 746. The quantitative estimate of drug-likeness (QED) is 0.754. The minimum absolute atomic E-state index is 0.00546. The van der Waals surface area contributed by atoms with E-state index in [2.05, 4.69) is 20.7 Å². The average molecular weight is 383 g/mol. The molecule has 3 N–H and O–H groups in total. The molecule has 1 heterocycles. The van der Waals surface area contributed by atoms with Gasteiger partial charge in [-0.2, -0.15) is 0 Å². The van der Waals surface area contributed by atoms with Gasteiger partial charge in [-0.25, -0.2) is 21.6 Å². The fourth-order valence-electron chi connectivity index (χ4n) is 2.16. The molecule has 0 amide bonds. The largest absolute Gasteiger partial charge is 0.398 e. The van der Waals surface area contributed by atoms with Gasteiger partial charge < -0.3 is 5.73 Å². The van der Waals surface area contributed by atoms with Crippen LogP contribution in [0, 0.1) is 0 Å². The normalized spacial score (nSPS) is 25.7. The van der Waals surface area contributed by atoms with E-state index < -0.39 is 25.4 Å². The summed E-state index contributed by atoms with van der Waals surface area (Å²) >= 11 is 3.19. The SMILES string of the molecule is CC1(NS(=O)(=O)c2ccc(Br)c(N)c2)CCS(=O)(=O)C1. The average Bonchev–Trinajstić information content (AvgIpc) is 2.55. The number of hydrogen-bond donors (Lipinski definition) is 2. The fraction of sp³-hybridized carbons (Fsp3) is 0.455. The number of sulfonamides is 1. The van der Waals surface area contributed by atoms with Crippen molar-refractivity contribution in [1.29, 1.82) is 0 Å². The first-order valence-electron chi connectivity index (χ1n) is 5.83. The number of nitrogens with one attached hydrogen (secondary N) is 1. The number of nitrogens with two attached hydrogens (primary N) is 1. The van der Waals surface area contributed by atoms with Crippen molar-refractivity contribution < 1.29 is 16.8 Å². The predicted molar refractivity (Wildman–Crippen MR) is 80.6 cm³/mol. The minimum atomic E-state index is -3.81. The second kappa shape index (κ2) is 4.97. The molecule has 1 fully saturated rings. The zero-order valence-corrected chi connectivity index (χ0v) is 14.0. The molecule has 0 radical (unpaired) electrons. The molecule has 0 spiro atoms. The third-order valence-electron chi connectivity index (χ3n) is 3.16. The monoisotopic (exact) mass is 382 g/mol. The molecule has 1 saturated heterocycles. The number of hydrogen-bond acceptors (Lipinski definition) is 5. The highest BCUT2D eigenvalue weighted by Crippen LogP contribution is 2.27. The summed E-state index contributed by atoms with van der Waals surface area (Å²) in [7, 11) is -6.99. The summed E-state index contributed by atoms with van der Waals surface area (Å²) in [6.07, 6.45) is 0.264. The molecule has 112 valence electrons. The van der Waals surface area contributed by atoms with Gasteiger partial charge >= 0.3 is 0 Å². The maximum absolute atomic E-state index is 12.3. The van der Waals surface area contributed by atoms with Gasteiger partial charge in [-0.05, 0) is 47.5 Å². The second-order valence-corrected chi connectivity index (χ2v) is 9.91. The first kappa shape index (κ1) is 15.7. The van der Waals surface area contributed by atoms with Crippen LogP contribution in [-0.4, -0.2) is 33.9 Å². The van der Waals surface area contributed by atoms with Crippen LogP contribution in [0.2, 0.25) is 0 Å². The molecule has 0 saturated carbocycles. The Labute approximate surface area is 126 Å². The second-order valence-electron chi connectivity index (χ2n) is 5.19. The van der Waals surface area contributed by atoms with Gasteiger partial charge in [0.2, 0.25) is 10.0 Å². The molecule has 0 aromatic heterocycles. The number of halogens is 1. The van der Waals surface area contributed by atoms with Crippen molar-refractivity contribution in [2.45, 2.75) is 23.8 Å². The van der Waals surface area contributed by atoms with Gasteiger partial charge in [0.1, 0.15) is 0 Å². The first-order valence-corrected chi connectivity index (χ1v) is 9.92. The maximum atomic E-state index is 12.3. The van der Waals surface area contributed by atoms with E-state index in [-0.39, 0.29) is 22.8 Å². The van der Waals surface area contributed by atoms with E-state index in [1.165, 1.54) is 18.2 Å². The van der Waals surface area contributed by atoms with Crippen LogP contribution < -0.4 is 10.5 Å². The summed E-state index contributed by atoms with van der Waals surface area (Å²) in [4.78, 5) is 0.0173. The van der Waals surface area contributed by atoms with Crippen LogP contribution in [0.15, 0.2) is 27.6 Å². The van der Waals surface area contributed by atoms with Crippen LogP contribution in [0.1, 0.15) is 13.3 Å². The molecule has 20 heavy (non-hydrogen) atoms. The summed E-state index contributed by atoms with van der Waals surface area (Å²) in [5, 5.41) is 0. The maximum Gasteiger partial charge on any atom is 0.241 e. The molecular weight excluding hydrogens is 368 g/mol. The summed E-state index contributed by atoms with van der Waals surface area (Å²) in [6.45, 7) is 1.59. The molecule has 1 aliphatic heterocycles. The highest BCUT2D eigenvalue weighted by Gasteiger charge is 2.41. The van der Waals surface area contributed by atoms with Gasteiger partial charge in [-0.1, -0.05) is 0 Å². The Hall–Kier alpha value is -0.640. The highest BCUT2D eigenvalue weighted by atomic mass is 79.9. The molecule has 0 aliphatic carbocycles. The lowest BCUT2D eigenvalue weighted by molar-refractivity contribution is 0.462. The topological polar surface area (TPSA) is 106 Å². The van der Waals surface area contributed by atoms with Crippen LogP contribution in [0.5, 0.6) is 0 Å². The predicted octanol–water partition coefficient (Wildman–Crippen LogP) is 0.887. The number of nitrogen functional groups attached to an aromatic ring is 1. The molecular formula is C11H15BrN2O4S2. The molecule has 1 aliphatic rings. The lowest BCUT2D eigenvalue weighted by Crippen LogP contribution is -2.46. The Morgan fingerprint density at radius 3 is 2.55 bits per heavy atom. The van der Waals surface area contributed by atoms with Crippen molar-refractivity contribution >= 4 is 41.5 Å². The third kappa shape index (κ3) is 3.33. The van der Waals surface area contributed by atoms with Gasteiger partial charge in [-0.3, -0.25) is 0 Å². The van der Waals surface area contributed by atoms with Crippen LogP contribution in [0.4, 0.5) is 5.69 Å². The van der Waals surface area contributed by atoms with E-state index in [1.54, 1.807) is 6.92 Å². The number of benzene rings is 1. The lowest BCUT2D eigenvalue weighted by atomic mass is 10.0. The van der Waals surface area contributed by atoms with Crippen molar-refractivity contribution in [3.05, 3.63) is 22.7 Å². The van der Waals surface area contributed by atoms with Crippen LogP contribution in [-0.2, 0) is 19.9 Å². The van der Waals surface area contributed by atoms with Crippen LogP contribution in [0.25, 0.3) is 0 Å². The van der Waals surface area contributed by atoms with Gasteiger partial charge in [0.25, 0.3) is 0 Å². The first-order chi connectivity index (χ1) is 9.03. The van der Waals surface area contributed by atoms with E-state index in [4.69, 9.17) is 5.73 Å². The van der Waals surface area contributed by atoms with E-state index in [0.717, 1.165) is 0 Å². The molecule has 2 rings (SSSR count). The van der Waals surface area contributed by atoms with E-state index >= 15 is 0 Å². The summed E-state index contributed by atoms with van der Waals surface area (Å²) in [5.41, 5.74) is 5.00. The fourth-order valence-corrected chi connectivity index (χ4v) is 6.06. The molecule has 1 aromatic rings. The Morgan fingerprint density at radius 2 is 2.05 bits per heavy atom. The smallest absolute Gasteiger partial charge is 0.241 e. The lowest BCUT2D eigenvalue weighted by Gasteiger charge is -2.23. The van der Waals surface area contributed by atoms with Crippen molar-refractivity contribution in [2.24, 2.45) is 0 Å². The third-order valence-corrected chi connectivity index (χ3v) is 7.42. The Balaban J connectivity index is 2.30. The van der Waals surface area contributed by atoms with Gasteiger partial charge in [-0.15, -0.1) is 0 Å². The standard InChI is InChI=1S/C11H15BrN2O4S2/c1-11(4-5-19(15,16)7-11)14-20(17,18)8-2-3-9(12)10(13)6-8/h2-3,6,14H,4-5,7,13H2,1H3. The Morgan fingerprint density at radius 1 is 1.40 bits per heavy atom. The summed E-state index contributed by atoms with van der Waals surface area (Å²) in [6, 6.07) is 4.28. The van der Waals surface area contributed by atoms with E-state index in [1.807, 2.05) is 0 Å². The van der Waals surface area contributed by atoms with Crippen molar-refractivity contribution in [3.63, 3.8) is 0 Å². The number of rotatable bonds is 3. The Kier molecular flexibility index (Phi) is 3.91. The molecule has 0 bridgehead atoms. The van der Waals surface area contributed by atoms with Gasteiger partial charge in [0.15, 0.2) is 9.84 Å². The highest BCUT2D eigenvalue weighted by molar-refractivity contribution is 9.10. The van der Waals surface area contributed by atoms with Crippen LogP contribution >= 0.6 is 15.9 Å². The van der Waals surface area contributed by atoms with Gasteiger partial charge in [0.05, 0.1) is 16.4 Å². The van der Waals surface area contributed by atoms with Gasteiger partial charge in [0, 0.05) is 15.7 Å². The summed E-state index contributed by atoms with van der Waals surface area (Å²) < 4.78 is 50.7. The molecule has 1 atom stereocenters. The number of anilines is 1. The zero-order chi connectivity index (χ0) is 15.2. The molecule has 1 unspecified atom stereocenters. The van der Waals surface area contributed by atoms with E-state index in [9.17, 15) is 16.8 Å². The van der Waals surface area contributed by atoms with Crippen molar-refractivity contribution in [1.82, 2.24) is 4.72 Å². The van der Waals surface area contributed by atoms with Crippen LogP contribution in [0.3, 0.4) is 0 Å². The van der Waals surface area contributed by atoms with E-state index in [0.29, 0.717) is 10.2 Å². The zero-order valence-electron chi connectivity index (χ0n) is 10.8. The molecule has 6 nitrogen and oxygen atoms in total. The molecule has 1 aromatic carbocycles. The summed E-state index contributed by atoms with van der Waals surface area (Å²) in [5.74, 6) is -0.195. The number of sulfone groups is 1. The van der Waals surface area contributed by atoms with Crippen molar-refractivity contribution in [2.75, 3.05) is 17.2 Å².